The number of aliphatic hydroxyl groups excluding tert-OH is 1. The number of hydrogen-bond acceptors (Lipinski definition) is 3. The highest BCUT2D eigenvalue weighted by molar-refractivity contribution is 7.90. The van der Waals surface area contributed by atoms with Gasteiger partial charge in [0.25, 0.3) is 0 Å². The standard InChI is InChI=1S/C11H14F2O3S/c1-11(2,6-14)9-7(12)4-5-8(10(9)13)17(3,15)16/h4-5,14H,6H2,1-3H3. The van der Waals surface area contributed by atoms with Gasteiger partial charge in [0.2, 0.25) is 0 Å². The van der Waals surface area contributed by atoms with Crippen LogP contribution in [0.25, 0.3) is 0 Å². The Hall–Kier alpha value is -1.01. The molecule has 0 radical (unpaired) electrons. The molecule has 3 nitrogen and oxygen atoms in total. The molecule has 0 bridgehead atoms. The van der Waals surface area contributed by atoms with Gasteiger partial charge in [-0.3, -0.25) is 0 Å². The highest BCUT2D eigenvalue weighted by Gasteiger charge is 2.30. The van der Waals surface area contributed by atoms with E-state index in [2.05, 4.69) is 0 Å². The van der Waals surface area contributed by atoms with Crippen molar-refractivity contribution in [3.8, 4) is 0 Å². The Bertz CT molecular complexity index is 536. The van der Waals surface area contributed by atoms with Gasteiger partial charge in [-0.1, -0.05) is 13.8 Å². The Morgan fingerprint density at radius 2 is 1.82 bits per heavy atom. The summed E-state index contributed by atoms with van der Waals surface area (Å²) in [7, 11) is -3.76. The van der Waals surface area contributed by atoms with Crippen LogP contribution < -0.4 is 0 Å². The van der Waals surface area contributed by atoms with E-state index in [0.29, 0.717) is 0 Å². The molecule has 17 heavy (non-hydrogen) atoms. The molecule has 0 aromatic heterocycles. The van der Waals surface area contributed by atoms with E-state index in [1.807, 2.05) is 0 Å². The SMILES string of the molecule is CC(C)(CO)c1c(F)ccc(S(C)(=O)=O)c1F. The summed E-state index contributed by atoms with van der Waals surface area (Å²) in [5, 5.41) is 9.11. The topological polar surface area (TPSA) is 54.4 Å². The predicted octanol–water partition coefficient (Wildman–Crippen LogP) is 1.64. The number of rotatable bonds is 3. The van der Waals surface area contributed by atoms with Crippen LogP contribution in [-0.4, -0.2) is 26.4 Å². The number of aliphatic hydroxyl groups is 1. The van der Waals surface area contributed by atoms with Crippen LogP contribution in [0.15, 0.2) is 17.0 Å². The number of hydrogen-bond donors (Lipinski definition) is 1. The lowest BCUT2D eigenvalue weighted by Crippen LogP contribution is -2.26. The molecule has 0 spiro atoms. The summed E-state index contributed by atoms with van der Waals surface area (Å²) in [6, 6.07) is 1.78. The van der Waals surface area contributed by atoms with Gasteiger partial charge in [0.05, 0.1) is 6.61 Å². The number of halogens is 2. The van der Waals surface area contributed by atoms with Crippen molar-refractivity contribution >= 4 is 9.84 Å². The van der Waals surface area contributed by atoms with Gasteiger partial charge >= 0.3 is 0 Å². The lowest BCUT2D eigenvalue weighted by atomic mass is 9.85. The van der Waals surface area contributed by atoms with Crippen LogP contribution >= 0.6 is 0 Å². The highest BCUT2D eigenvalue weighted by Crippen LogP contribution is 2.31. The monoisotopic (exact) mass is 264 g/mol. The number of benzene rings is 1. The van der Waals surface area contributed by atoms with E-state index in [9.17, 15) is 17.2 Å². The summed E-state index contributed by atoms with van der Waals surface area (Å²) in [5.41, 5.74) is -1.60. The fraction of sp³-hybridized carbons (Fsp3) is 0.455. The van der Waals surface area contributed by atoms with E-state index in [1.165, 1.54) is 13.8 Å². The minimum atomic E-state index is -3.76. The zero-order valence-electron chi connectivity index (χ0n) is 9.79. The van der Waals surface area contributed by atoms with Crippen molar-refractivity contribution < 1.29 is 22.3 Å². The molecule has 0 unspecified atom stereocenters. The van der Waals surface area contributed by atoms with Crippen molar-refractivity contribution in [2.24, 2.45) is 0 Å². The smallest absolute Gasteiger partial charge is 0.178 e. The average molecular weight is 264 g/mol. The molecular weight excluding hydrogens is 250 g/mol. The van der Waals surface area contributed by atoms with Gasteiger partial charge in [0.1, 0.15) is 16.5 Å². The first kappa shape index (κ1) is 14.1. The van der Waals surface area contributed by atoms with Crippen molar-refractivity contribution in [3.05, 3.63) is 29.3 Å². The zero-order valence-corrected chi connectivity index (χ0v) is 10.6. The molecule has 0 atom stereocenters. The van der Waals surface area contributed by atoms with E-state index in [4.69, 9.17) is 5.11 Å². The van der Waals surface area contributed by atoms with Crippen LogP contribution in [0.5, 0.6) is 0 Å². The van der Waals surface area contributed by atoms with E-state index in [0.717, 1.165) is 18.4 Å². The van der Waals surface area contributed by atoms with Crippen molar-refractivity contribution in [3.63, 3.8) is 0 Å². The molecule has 0 saturated heterocycles. The summed E-state index contributed by atoms with van der Waals surface area (Å²) >= 11 is 0. The summed E-state index contributed by atoms with van der Waals surface area (Å²) < 4.78 is 50.2. The Balaban J connectivity index is 3.63. The van der Waals surface area contributed by atoms with Gasteiger partial charge in [0, 0.05) is 17.2 Å². The average Bonchev–Trinajstić information content (AvgIpc) is 2.15. The fourth-order valence-corrected chi connectivity index (χ4v) is 2.26. The third-order valence-corrected chi connectivity index (χ3v) is 3.64. The Morgan fingerprint density at radius 1 is 1.29 bits per heavy atom. The second-order valence-electron chi connectivity index (χ2n) is 4.55. The maximum Gasteiger partial charge on any atom is 0.178 e. The van der Waals surface area contributed by atoms with Crippen LogP contribution in [-0.2, 0) is 15.3 Å². The molecule has 1 aromatic carbocycles. The molecule has 1 rings (SSSR count). The van der Waals surface area contributed by atoms with Crippen LogP contribution in [0.3, 0.4) is 0 Å². The largest absolute Gasteiger partial charge is 0.395 e. The maximum atomic E-state index is 14.0. The van der Waals surface area contributed by atoms with Crippen LogP contribution in [0.2, 0.25) is 0 Å². The first-order valence-electron chi connectivity index (χ1n) is 4.90. The molecule has 0 heterocycles. The zero-order chi connectivity index (χ0) is 13.4. The molecule has 0 aliphatic rings. The van der Waals surface area contributed by atoms with Crippen molar-refractivity contribution in [2.45, 2.75) is 24.2 Å². The van der Waals surface area contributed by atoms with Crippen molar-refractivity contribution in [1.82, 2.24) is 0 Å². The van der Waals surface area contributed by atoms with E-state index < -0.39 is 44.0 Å². The predicted molar refractivity (Wildman–Crippen MR) is 59.6 cm³/mol. The van der Waals surface area contributed by atoms with Crippen molar-refractivity contribution in [2.75, 3.05) is 12.9 Å². The van der Waals surface area contributed by atoms with Gasteiger partial charge in [-0.15, -0.1) is 0 Å². The molecule has 0 fully saturated rings. The van der Waals surface area contributed by atoms with Gasteiger partial charge < -0.3 is 5.11 Å². The molecule has 6 heteroatoms. The molecule has 1 aromatic rings. The fourth-order valence-electron chi connectivity index (χ4n) is 1.52. The molecule has 96 valence electrons. The lowest BCUT2D eigenvalue weighted by Gasteiger charge is -2.24. The van der Waals surface area contributed by atoms with Gasteiger partial charge in [-0.05, 0) is 12.1 Å². The van der Waals surface area contributed by atoms with Gasteiger partial charge in [-0.2, -0.15) is 0 Å². The third-order valence-electron chi connectivity index (χ3n) is 2.53. The van der Waals surface area contributed by atoms with Crippen LogP contribution in [0.1, 0.15) is 19.4 Å². The highest BCUT2D eigenvalue weighted by atomic mass is 32.2. The third kappa shape index (κ3) is 2.63. The second kappa shape index (κ2) is 4.34. The quantitative estimate of drug-likeness (QED) is 0.844. The second-order valence-corrected chi connectivity index (χ2v) is 6.53. The van der Waals surface area contributed by atoms with E-state index in [1.54, 1.807) is 0 Å². The Labute approximate surface area is 99.0 Å². The normalized spacial score (nSPS) is 12.8. The van der Waals surface area contributed by atoms with Crippen LogP contribution in [0, 0.1) is 11.6 Å². The van der Waals surface area contributed by atoms with Crippen LogP contribution in [0.4, 0.5) is 8.78 Å². The Morgan fingerprint density at radius 3 is 2.24 bits per heavy atom. The molecule has 0 aliphatic carbocycles. The maximum absolute atomic E-state index is 14.0. The summed E-state index contributed by atoms with van der Waals surface area (Å²) in [6.45, 7) is 2.37. The summed E-state index contributed by atoms with van der Waals surface area (Å²) in [5.74, 6) is -2.00. The van der Waals surface area contributed by atoms with Gasteiger partial charge in [0.15, 0.2) is 9.84 Å². The first-order chi connectivity index (χ1) is 7.61. The molecular formula is C11H14F2O3S. The van der Waals surface area contributed by atoms with Gasteiger partial charge in [-0.25, -0.2) is 17.2 Å². The first-order valence-corrected chi connectivity index (χ1v) is 6.80. The minimum absolute atomic E-state index is 0.414. The van der Waals surface area contributed by atoms with Crippen molar-refractivity contribution in [1.29, 1.82) is 0 Å². The summed E-state index contributed by atoms with van der Waals surface area (Å²) in [4.78, 5) is -0.560. The minimum Gasteiger partial charge on any atom is -0.395 e. The number of sulfone groups is 1. The molecule has 0 saturated carbocycles. The summed E-state index contributed by atoms with van der Waals surface area (Å²) in [6.07, 6.45) is 0.846. The molecule has 0 aliphatic heterocycles. The molecule has 0 amide bonds. The van der Waals surface area contributed by atoms with E-state index >= 15 is 0 Å². The van der Waals surface area contributed by atoms with E-state index in [-0.39, 0.29) is 0 Å². The lowest BCUT2D eigenvalue weighted by molar-refractivity contribution is 0.210. The molecule has 1 N–H and O–H groups in total. The Kier molecular flexibility index (Phi) is 3.59.